The standard InChI is InChI=1S/C24H33BO3/c1-21(2,3)18-10-9-11-19(16-18)24(8,26)17-12-14-20(15-13-17)25-27-22(4,5)23(6,7)28-25/h9-16,26H,1-8H3. The minimum Gasteiger partial charge on any atom is -0.399 e. The second kappa shape index (κ2) is 6.72. The summed E-state index contributed by atoms with van der Waals surface area (Å²) in [6.45, 7) is 16.6. The normalized spacial score (nSPS) is 20.8. The van der Waals surface area contributed by atoms with E-state index in [2.05, 4.69) is 32.9 Å². The maximum Gasteiger partial charge on any atom is 0.494 e. The molecule has 1 atom stereocenters. The van der Waals surface area contributed by atoms with Gasteiger partial charge in [0, 0.05) is 0 Å². The van der Waals surface area contributed by atoms with Crippen LogP contribution in [0.5, 0.6) is 0 Å². The number of rotatable bonds is 3. The van der Waals surface area contributed by atoms with Crippen LogP contribution in [0.15, 0.2) is 48.5 Å². The zero-order chi connectivity index (χ0) is 21.0. The number of aliphatic hydroxyl groups is 1. The molecule has 0 aromatic heterocycles. The van der Waals surface area contributed by atoms with E-state index in [0.717, 1.165) is 16.6 Å². The van der Waals surface area contributed by atoms with Gasteiger partial charge in [0.05, 0.1) is 11.2 Å². The molecule has 1 fully saturated rings. The van der Waals surface area contributed by atoms with Crippen LogP contribution in [0.25, 0.3) is 0 Å². The zero-order valence-electron chi connectivity index (χ0n) is 18.5. The molecule has 0 aliphatic carbocycles. The molecule has 2 aromatic carbocycles. The van der Waals surface area contributed by atoms with E-state index in [1.807, 2.05) is 71.0 Å². The Balaban J connectivity index is 1.87. The molecule has 1 aliphatic rings. The first kappa shape index (κ1) is 21.1. The van der Waals surface area contributed by atoms with Crippen LogP contribution in [-0.4, -0.2) is 23.4 Å². The van der Waals surface area contributed by atoms with Gasteiger partial charge in [0.15, 0.2) is 0 Å². The fraction of sp³-hybridized carbons (Fsp3) is 0.500. The SMILES string of the molecule is CC(C)(C)c1cccc(C(C)(O)c2ccc(B3OC(C)(C)C(C)(C)O3)cc2)c1. The van der Waals surface area contributed by atoms with E-state index < -0.39 is 12.7 Å². The van der Waals surface area contributed by atoms with E-state index in [-0.39, 0.29) is 16.6 Å². The zero-order valence-corrected chi connectivity index (χ0v) is 18.5. The highest BCUT2D eigenvalue weighted by Crippen LogP contribution is 2.37. The topological polar surface area (TPSA) is 38.7 Å². The van der Waals surface area contributed by atoms with Gasteiger partial charge in [0.2, 0.25) is 0 Å². The van der Waals surface area contributed by atoms with Crippen LogP contribution in [0.4, 0.5) is 0 Å². The first-order valence-electron chi connectivity index (χ1n) is 10.0. The largest absolute Gasteiger partial charge is 0.494 e. The molecule has 0 saturated carbocycles. The molecule has 1 unspecified atom stereocenters. The number of hydrogen-bond donors (Lipinski definition) is 1. The maximum absolute atomic E-state index is 11.3. The van der Waals surface area contributed by atoms with Crippen molar-refractivity contribution in [2.45, 2.75) is 77.6 Å². The van der Waals surface area contributed by atoms with Gasteiger partial charge in [-0.05, 0) is 62.2 Å². The Hall–Kier alpha value is -1.62. The molecular formula is C24H33BO3. The monoisotopic (exact) mass is 380 g/mol. The van der Waals surface area contributed by atoms with Crippen molar-refractivity contribution in [2.24, 2.45) is 0 Å². The molecule has 3 rings (SSSR count). The predicted octanol–water partition coefficient (Wildman–Crippen LogP) is 4.54. The average Bonchev–Trinajstić information content (AvgIpc) is 2.82. The number of hydrogen-bond acceptors (Lipinski definition) is 3. The molecule has 4 heteroatoms. The molecule has 0 amide bonds. The van der Waals surface area contributed by atoms with Crippen LogP contribution in [-0.2, 0) is 20.3 Å². The smallest absolute Gasteiger partial charge is 0.399 e. The second-order valence-electron chi connectivity index (χ2n) is 10.1. The van der Waals surface area contributed by atoms with Gasteiger partial charge in [-0.2, -0.15) is 0 Å². The van der Waals surface area contributed by atoms with Crippen molar-refractivity contribution in [3.05, 3.63) is 65.2 Å². The molecule has 1 saturated heterocycles. The fourth-order valence-corrected chi connectivity index (χ4v) is 3.40. The van der Waals surface area contributed by atoms with Crippen LogP contribution in [0.3, 0.4) is 0 Å². The lowest BCUT2D eigenvalue weighted by Crippen LogP contribution is -2.41. The lowest BCUT2D eigenvalue weighted by molar-refractivity contribution is 0.00578. The minimum absolute atomic E-state index is 0.0344. The summed E-state index contributed by atoms with van der Waals surface area (Å²) in [6.07, 6.45) is 0. The first-order valence-corrected chi connectivity index (χ1v) is 10.0. The van der Waals surface area contributed by atoms with E-state index in [9.17, 15) is 5.11 Å². The molecule has 150 valence electrons. The van der Waals surface area contributed by atoms with E-state index in [1.54, 1.807) is 0 Å². The van der Waals surface area contributed by atoms with Gasteiger partial charge in [0.25, 0.3) is 0 Å². The third-order valence-corrected chi connectivity index (χ3v) is 6.29. The summed E-state index contributed by atoms with van der Waals surface area (Å²) in [4.78, 5) is 0. The van der Waals surface area contributed by atoms with Crippen molar-refractivity contribution < 1.29 is 14.4 Å². The van der Waals surface area contributed by atoms with E-state index in [4.69, 9.17) is 9.31 Å². The molecule has 2 aromatic rings. The van der Waals surface area contributed by atoms with E-state index in [0.29, 0.717) is 0 Å². The molecule has 3 nitrogen and oxygen atoms in total. The van der Waals surface area contributed by atoms with E-state index >= 15 is 0 Å². The molecule has 0 radical (unpaired) electrons. The number of benzene rings is 2. The van der Waals surface area contributed by atoms with Gasteiger partial charge in [-0.3, -0.25) is 0 Å². The molecule has 1 aliphatic heterocycles. The highest BCUT2D eigenvalue weighted by Gasteiger charge is 2.51. The van der Waals surface area contributed by atoms with Gasteiger partial charge in [-0.15, -0.1) is 0 Å². The third-order valence-electron chi connectivity index (χ3n) is 6.29. The average molecular weight is 380 g/mol. The quantitative estimate of drug-likeness (QED) is 0.795. The summed E-state index contributed by atoms with van der Waals surface area (Å²) in [6, 6.07) is 16.1. The van der Waals surface area contributed by atoms with E-state index in [1.165, 1.54) is 5.56 Å². The maximum atomic E-state index is 11.3. The lowest BCUT2D eigenvalue weighted by atomic mass is 9.77. The van der Waals surface area contributed by atoms with Crippen molar-refractivity contribution in [3.63, 3.8) is 0 Å². The molecular weight excluding hydrogens is 347 g/mol. The van der Waals surface area contributed by atoms with Crippen molar-refractivity contribution in [1.29, 1.82) is 0 Å². The summed E-state index contributed by atoms with van der Waals surface area (Å²) in [7, 11) is -0.395. The second-order valence-corrected chi connectivity index (χ2v) is 10.1. The van der Waals surface area contributed by atoms with Crippen LogP contribution in [0.2, 0.25) is 0 Å². The Morgan fingerprint density at radius 2 is 1.25 bits per heavy atom. The molecule has 1 heterocycles. The molecule has 0 bridgehead atoms. The van der Waals surface area contributed by atoms with Crippen molar-refractivity contribution in [1.82, 2.24) is 0 Å². The van der Waals surface area contributed by atoms with Gasteiger partial charge in [-0.1, -0.05) is 69.3 Å². The van der Waals surface area contributed by atoms with Crippen LogP contribution < -0.4 is 5.46 Å². The first-order chi connectivity index (χ1) is 12.7. The Morgan fingerprint density at radius 3 is 1.75 bits per heavy atom. The summed E-state index contributed by atoms with van der Waals surface area (Å²) >= 11 is 0. The van der Waals surface area contributed by atoms with Gasteiger partial charge < -0.3 is 14.4 Å². The summed E-state index contributed by atoms with van der Waals surface area (Å²) in [5.41, 5.74) is 2.13. The highest BCUT2D eigenvalue weighted by molar-refractivity contribution is 6.62. The van der Waals surface area contributed by atoms with Crippen molar-refractivity contribution >= 4 is 12.6 Å². The Kier molecular flexibility index (Phi) is 5.07. The van der Waals surface area contributed by atoms with Crippen molar-refractivity contribution in [3.8, 4) is 0 Å². The van der Waals surface area contributed by atoms with Gasteiger partial charge in [0.1, 0.15) is 5.60 Å². The summed E-state index contributed by atoms with van der Waals surface area (Å²) in [5.74, 6) is 0. The molecule has 0 spiro atoms. The Morgan fingerprint density at radius 1 is 0.750 bits per heavy atom. The highest BCUT2D eigenvalue weighted by atomic mass is 16.7. The minimum atomic E-state index is -1.07. The summed E-state index contributed by atoms with van der Waals surface area (Å²) in [5, 5.41) is 11.3. The Labute approximate surface area is 170 Å². The van der Waals surface area contributed by atoms with Crippen LogP contribution in [0, 0.1) is 0 Å². The predicted molar refractivity (Wildman–Crippen MR) is 116 cm³/mol. The fourth-order valence-electron chi connectivity index (χ4n) is 3.40. The lowest BCUT2D eigenvalue weighted by Gasteiger charge is -2.32. The van der Waals surface area contributed by atoms with Crippen LogP contribution >= 0.6 is 0 Å². The molecule has 1 N–H and O–H groups in total. The third kappa shape index (κ3) is 3.78. The van der Waals surface area contributed by atoms with Gasteiger partial charge in [-0.25, -0.2) is 0 Å². The Bertz CT molecular complexity index is 829. The summed E-state index contributed by atoms with van der Waals surface area (Å²) < 4.78 is 12.3. The molecule has 28 heavy (non-hydrogen) atoms. The van der Waals surface area contributed by atoms with Crippen LogP contribution in [0.1, 0.15) is 72.1 Å². The van der Waals surface area contributed by atoms with Gasteiger partial charge >= 0.3 is 7.12 Å². The van der Waals surface area contributed by atoms with Crippen molar-refractivity contribution in [2.75, 3.05) is 0 Å².